The van der Waals surface area contributed by atoms with Gasteiger partial charge in [-0.15, -0.1) is 35.3 Å². The first-order valence-corrected chi connectivity index (χ1v) is 5.22. The van der Waals surface area contributed by atoms with Crippen LogP contribution in [0.3, 0.4) is 0 Å². The summed E-state index contributed by atoms with van der Waals surface area (Å²) in [6, 6.07) is 3.88. The van der Waals surface area contributed by atoms with Crippen molar-refractivity contribution in [2.75, 3.05) is 0 Å². The van der Waals surface area contributed by atoms with E-state index in [2.05, 4.69) is 9.97 Å². The first-order valence-electron chi connectivity index (χ1n) is 3.81. The van der Waals surface area contributed by atoms with Gasteiger partial charge in [0.2, 0.25) is 0 Å². The van der Waals surface area contributed by atoms with Crippen molar-refractivity contribution in [1.82, 2.24) is 9.97 Å². The molecule has 0 atom stereocenters. The summed E-state index contributed by atoms with van der Waals surface area (Å²) < 4.78 is 0. The topological polar surface area (TPSA) is 25.8 Å². The minimum absolute atomic E-state index is 0. The summed E-state index contributed by atoms with van der Waals surface area (Å²) in [6.07, 6.45) is 3.55. The molecule has 0 aliphatic carbocycles. The standard InChI is InChI=1S/C9H7ClN2S.ClH/c10-4-9-12-8(6-13-9)7-2-1-3-11-5-7;/h1-3,5-6H,4H2;1H. The van der Waals surface area contributed by atoms with Crippen molar-refractivity contribution >= 4 is 35.3 Å². The van der Waals surface area contributed by atoms with Crippen LogP contribution in [0, 0.1) is 0 Å². The molecule has 2 nitrogen and oxygen atoms in total. The highest BCUT2D eigenvalue weighted by molar-refractivity contribution is 7.10. The van der Waals surface area contributed by atoms with Crippen molar-refractivity contribution < 1.29 is 0 Å². The van der Waals surface area contributed by atoms with Crippen molar-refractivity contribution in [1.29, 1.82) is 0 Å². The zero-order valence-corrected chi connectivity index (χ0v) is 9.57. The maximum Gasteiger partial charge on any atom is 0.108 e. The Morgan fingerprint density at radius 1 is 1.43 bits per heavy atom. The summed E-state index contributed by atoms with van der Waals surface area (Å²) in [5.74, 6) is 0.477. The molecule has 2 aromatic rings. The number of hydrogen-bond donors (Lipinski definition) is 0. The van der Waals surface area contributed by atoms with Crippen LogP contribution in [0.25, 0.3) is 11.3 Å². The third kappa shape index (κ3) is 2.44. The van der Waals surface area contributed by atoms with Crippen LogP contribution in [0.1, 0.15) is 5.01 Å². The van der Waals surface area contributed by atoms with Crippen molar-refractivity contribution in [3.8, 4) is 11.3 Å². The number of thiazole rings is 1. The lowest BCUT2D eigenvalue weighted by atomic mass is 10.2. The number of alkyl halides is 1. The molecular formula is C9H8Cl2N2S. The third-order valence-corrected chi connectivity index (χ3v) is 2.88. The Bertz CT molecular complexity index is 389. The molecule has 0 aromatic carbocycles. The van der Waals surface area contributed by atoms with E-state index in [4.69, 9.17) is 11.6 Å². The van der Waals surface area contributed by atoms with Gasteiger partial charge in [-0.2, -0.15) is 0 Å². The number of hydrogen-bond acceptors (Lipinski definition) is 3. The smallest absolute Gasteiger partial charge is 0.108 e. The summed E-state index contributed by atoms with van der Waals surface area (Å²) in [6.45, 7) is 0. The predicted octanol–water partition coefficient (Wildman–Crippen LogP) is 3.37. The predicted molar refractivity (Wildman–Crippen MR) is 62.2 cm³/mol. The fourth-order valence-corrected chi connectivity index (χ4v) is 1.92. The van der Waals surface area contributed by atoms with E-state index < -0.39 is 0 Å². The van der Waals surface area contributed by atoms with Gasteiger partial charge in [-0.1, -0.05) is 0 Å². The molecule has 0 aliphatic heterocycles. The van der Waals surface area contributed by atoms with Crippen molar-refractivity contribution in [2.24, 2.45) is 0 Å². The van der Waals surface area contributed by atoms with Crippen LogP contribution in [0.4, 0.5) is 0 Å². The maximum absolute atomic E-state index is 5.66. The van der Waals surface area contributed by atoms with Crippen LogP contribution in [-0.2, 0) is 5.88 Å². The fraction of sp³-hybridized carbons (Fsp3) is 0.111. The molecular weight excluding hydrogens is 239 g/mol. The van der Waals surface area contributed by atoms with Crippen molar-refractivity contribution in [3.63, 3.8) is 0 Å². The van der Waals surface area contributed by atoms with Crippen LogP contribution in [0.2, 0.25) is 0 Å². The van der Waals surface area contributed by atoms with E-state index in [1.165, 1.54) is 0 Å². The Hall–Kier alpha value is -0.640. The van der Waals surface area contributed by atoms with Crippen LogP contribution in [0.5, 0.6) is 0 Å². The van der Waals surface area contributed by atoms with Gasteiger partial charge in [-0.05, 0) is 12.1 Å². The molecule has 0 saturated heterocycles. The second-order valence-corrected chi connectivity index (χ2v) is 3.71. The highest BCUT2D eigenvalue weighted by Gasteiger charge is 2.02. The molecule has 0 N–H and O–H groups in total. The molecule has 0 amide bonds. The first-order chi connectivity index (χ1) is 6.40. The zero-order chi connectivity index (χ0) is 9.10. The van der Waals surface area contributed by atoms with E-state index in [0.29, 0.717) is 5.88 Å². The van der Waals surface area contributed by atoms with Gasteiger partial charge >= 0.3 is 0 Å². The van der Waals surface area contributed by atoms with Gasteiger partial charge in [-0.25, -0.2) is 4.98 Å². The van der Waals surface area contributed by atoms with Crippen LogP contribution >= 0.6 is 35.3 Å². The van der Waals surface area contributed by atoms with Gasteiger partial charge < -0.3 is 0 Å². The molecule has 2 rings (SSSR count). The van der Waals surface area contributed by atoms with E-state index in [9.17, 15) is 0 Å². The zero-order valence-electron chi connectivity index (χ0n) is 7.18. The molecule has 0 spiro atoms. The monoisotopic (exact) mass is 246 g/mol. The van der Waals surface area contributed by atoms with Gasteiger partial charge in [0.1, 0.15) is 5.01 Å². The Kier molecular flexibility index (Phi) is 4.32. The Morgan fingerprint density at radius 3 is 2.86 bits per heavy atom. The average molecular weight is 247 g/mol. The van der Waals surface area contributed by atoms with Gasteiger partial charge in [0, 0.05) is 23.3 Å². The average Bonchev–Trinajstić information content (AvgIpc) is 2.67. The molecule has 0 bridgehead atoms. The number of rotatable bonds is 2. The number of halogens is 2. The quantitative estimate of drug-likeness (QED) is 0.760. The molecule has 14 heavy (non-hydrogen) atoms. The summed E-state index contributed by atoms with van der Waals surface area (Å²) >= 11 is 7.23. The lowest BCUT2D eigenvalue weighted by Crippen LogP contribution is -1.80. The van der Waals surface area contributed by atoms with Crippen molar-refractivity contribution in [2.45, 2.75) is 5.88 Å². The molecule has 0 fully saturated rings. The van der Waals surface area contributed by atoms with E-state index in [0.717, 1.165) is 16.3 Å². The Morgan fingerprint density at radius 2 is 2.29 bits per heavy atom. The summed E-state index contributed by atoms with van der Waals surface area (Å²) in [5.41, 5.74) is 1.99. The third-order valence-electron chi connectivity index (χ3n) is 1.62. The lowest BCUT2D eigenvalue weighted by molar-refractivity contribution is 1.25. The van der Waals surface area contributed by atoms with Crippen molar-refractivity contribution in [3.05, 3.63) is 34.9 Å². The normalized spacial score (nSPS) is 9.50. The largest absolute Gasteiger partial charge is 0.264 e. The van der Waals surface area contributed by atoms with Crippen LogP contribution in [0.15, 0.2) is 29.9 Å². The second-order valence-electron chi connectivity index (χ2n) is 2.50. The van der Waals surface area contributed by atoms with Crippen LogP contribution < -0.4 is 0 Å². The molecule has 74 valence electrons. The molecule has 2 heterocycles. The summed E-state index contributed by atoms with van der Waals surface area (Å²) in [4.78, 5) is 8.37. The summed E-state index contributed by atoms with van der Waals surface area (Å²) in [7, 11) is 0. The highest BCUT2D eigenvalue weighted by Crippen LogP contribution is 2.21. The van der Waals surface area contributed by atoms with Crippen LogP contribution in [-0.4, -0.2) is 9.97 Å². The Balaban J connectivity index is 0.000000980. The highest BCUT2D eigenvalue weighted by atomic mass is 35.5. The molecule has 5 heteroatoms. The SMILES string of the molecule is Cl.ClCc1nc(-c2cccnc2)cs1. The van der Waals surface area contributed by atoms with Gasteiger partial charge in [-0.3, -0.25) is 4.98 Å². The van der Waals surface area contributed by atoms with Gasteiger partial charge in [0.05, 0.1) is 11.6 Å². The van der Waals surface area contributed by atoms with E-state index in [-0.39, 0.29) is 12.4 Å². The molecule has 0 aliphatic rings. The fourth-order valence-electron chi connectivity index (χ4n) is 1.02. The minimum atomic E-state index is 0. The number of aromatic nitrogens is 2. The lowest BCUT2D eigenvalue weighted by Gasteiger charge is -1.92. The number of nitrogens with zero attached hydrogens (tertiary/aromatic N) is 2. The first kappa shape index (κ1) is 11.4. The van der Waals surface area contributed by atoms with E-state index >= 15 is 0 Å². The minimum Gasteiger partial charge on any atom is -0.264 e. The maximum atomic E-state index is 5.66. The second kappa shape index (κ2) is 5.29. The molecule has 0 saturated carbocycles. The van der Waals surface area contributed by atoms with Gasteiger partial charge in [0.15, 0.2) is 0 Å². The number of pyridine rings is 1. The van der Waals surface area contributed by atoms with E-state index in [1.54, 1.807) is 23.7 Å². The van der Waals surface area contributed by atoms with Gasteiger partial charge in [0.25, 0.3) is 0 Å². The Labute approximate surface area is 97.4 Å². The molecule has 2 aromatic heterocycles. The van der Waals surface area contributed by atoms with E-state index in [1.807, 2.05) is 17.5 Å². The summed E-state index contributed by atoms with van der Waals surface area (Å²) in [5, 5.41) is 2.94. The molecule has 0 unspecified atom stereocenters. The molecule has 0 radical (unpaired) electrons.